The van der Waals surface area contributed by atoms with Crippen molar-refractivity contribution in [2.75, 3.05) is 7.11 Å². The van der Waals surface area contributed by atoms with Crippen molar-refractivity contribution in [3.8, 4) is 28.7 Å². The number of phenolic OH excluding ortho intramolecular Hbond substituents is 1. The lowest BCUT2D eigenvalue weighted by Gasteiger charge is -2.16. The van der Waals surface area contributed by atoms with Crippen molar-refractivity contribution < 1.29 is 38.4 Å². The SMILES string of the molecule is COc1cc(C)c2c(c1C=O)Oc1c3c(c(O)c(C)c1OC2=O)C(=O)OC3. The summed E-state index contributed by atoms with van der Waals surface area (Å²) in [6.07, 6.45) is 0.518. The van der Waals surface area contributed by atoms with E-state index in [1.807, 2.05) is 0 Å². The van der Waals surface area contributed by atoms with Crippen LogP contribution in [0.15, 0.2) is 6.07 Å². The normalized spacial score (nSPS) is 14.2. The van der Waals surface area contributed by atoms with Crippen LogP contribution >= 0.6 is 0 Å². The Hall–Kier alpha value is -3.55. The van der Waals surface area contributed by atoms with E-state index in [9.17, 15) is 19.5 Å². The molecule has 0 fully saturated rings. The molecule has 2 aromatic rings. The van der Waals surface area contributed by atoms with E-state index in [1.54, 1.807) is 6.92 Å². The minimum atomic E-state index is -0.750. The van der Waals surface area contributed by atoms with Crippen LogP contribution in [0.4, 0.5) is 0 Å². The third kappa shape index (κ3) is 2.19. The van der Waals surface area contributed by atoms with Crippen LogP contribution in [0.5, 0.6) is 28.7 Å². The Morgan fingerprint density at radius 2 is 1.81 bits per heavy atom. The van der Waals surface area contributed by atoms with Crippen LogP contribution in [0.2, 0.25) is 0 Å². The van der Waals surface area contributed by atoms with E-state index in [1.165, 1.54) is 20.1 Å². The van der Waals surface area contributed by atoms with Crippen LogP contribution in [0.1, 0.15) is 47.8 Å². The molecule has 0 amide bonds. The van der Waals surface area contributed by atoms with Crippen molar-refractivity contribution >= 4 is 18.2 Å². The van der Waals surface area contributed by atoms with Gasteiger partial charge in [-0.25, -0.2) is 9.59 Å². The highest BCUT2D eigenvalue weighted by Crippen LogP contribution is 2.51. The molecule has 2 aromatic carbocycles. The van der Waals surface area contributed by atoms with Gasteiger partial charge in [-0.3, -0.25) is 4.79 Å². The molecule has 8 nitrogen and oxygen atoms in total. The number of aromatic hydroxyl groups is 1. The van der Waals surface area contributed by atoms with E-state index in [0.717, 1.165) is 0 Å². The molecular weight excluding hydrogens is 356 g/mol. The van der Waals surface area contributed by atoms with Gasteiger partial charge >= 0.3 is 11.9 Å². The number of hydrogen-bond acceptors (Lipinski definition) is 8. The third-order valence-electron chi connectivity index (χ3n) is 4.69. The second kappa shape index (κ2) is 5.73. The quantitative estimate of drug-likeness (QED) is 0.488. The summed E-state index contributed by atoms with van der Waals surface area (Å²) in [5, 5.41) is 10.4. The van der Waals surface area contributed by atoms with Gasteiger partial charge in [0.15, 0.2) is 23.5 Å². The summed E-state index contributed by atoms with van der Waals surface area (Å²) in [6, 6.07) is 1.53. The van der Waals surface area contributed by atoms with Crippen molar-refractivity contribution in [1.29, 1.82) is 0 Å². The minimum Gasteiger partial charge on any atom is -0.507 e. The number of cyclic esters (lactones) is 1. The maximum Gasteiger partial charge on any atom is 0.347 e. The smallest absolute Gasteiger partial charge is 0.347 e. The van der Waals surface area contributed by atoms with Crippen molar-refractivity contribution in [2.24, 2.45) is 0 Å². The summed E-state index contributed by atoms with van der Waals surface area (Å²) in [6.45, 7) is 2.98. The highest BCUT2D eigenvalue weighted by molar-refractivity contribution is 6.03. The number of aryl methyl sites for hydroxylation is 1. The molecule has 0 atom stereocenters. The average Bonchev–Trinajstić information content (AvgIpc) is 2.95. The fourth-order valence-electron chi connectivity index (χ4n) is 3.32. The number of carbonyl (C=O) groups is 3. The standard InChI is InChI=1S/C19H14O8/c1-7-4-11(24-3)9(5-20)16-12(7)19(23)27-15-8(2)14(21)13-10(17(15)26-16)6-25-18(13)22/h4-5,21H,6H2,1-3H3. The Morgan fingerprint density at radius 3 is 2.48 bits per heavy atom. The zero-order valence-electron chi connectivity index (χ0n) is 14.7. The first kappa shape index (κ1) is 16.9. The number of rotatable bonds is 2. The van der Waals surface area contributed by atoms with E-state index in [0.29, 0.717) is 11.8 Å². The highest BCUT2D eigenvalue weighted by Gasteiger charge is 2.38. The van der Waals surface area contributed by atoms with Crippen LogP contribution in [0.25, 0.3) is 0 Å². The average molecular weight is 370 g/mol. The first-order chi connectivity index (χ1) is 12.9. The van der Waals surface area contributed by atoms with Gasteiger partial charge < -0.3 is 24.1 Å². The van der Waals surface area contributed by atoms with Crippen LogP contribution in [-0.4, -0.2) is 30.4 Å². The lowest BCUT2D eigenvalue weighted by Crippen LogP contribution is -2.11. The Labute approximate surface area is 153 Å². The highest BCUT2D eigenvalue weighted by atomic mass is 16.6. The first-order valence-electron chi connectivity index (χ1n) is 8.01. The van der Waals surface area contributed by atoms with Crippen molar-refractivity contribution in [3.63, 3.8) is 0 Å². The molecule has 2 heterocycles. The minimum absolute atomic E-state index is 0.0269. The zero-order chi connectivity index (χ0) is 19.5. The number of phenols is 1. The van der Waals surface area contributed by atoms with Crippen molar-refractivity contribution in [2.45, 2.75) is 20.5 Å². The number of esters is 2. The zero-order valence-corrected chi connectivity index (χ0v) is 14.7. The molecule has 2 aliphatic rings. The van der Waals surface area contributed by atoms with Gasteiger partial charge in [-0.2, -0.15) is 0 Å². The molecule has 0 aliphatic carbocycles. The molecule has 0 radical (unpaired) electrons. The summed E-state index contributed by atoms with van der Waals surface area (Å²) in [5.74, 6) is -1.56. The first-order valence-corrected chi connectivity index (χ1v) is 8.01. The van der Waals surface area contributed by atoms with Crippen molar-refractivity contribution in [1.82, 2.24) is 0 Å². The summed E-state index contributed by atoms with van der Waals surface area (Å²) in [4.78, 5) is 36.4. The molecule has 0 aromatic heterocycles. The van der Waals surface area contributed by atoms with Crippen LogP contribution < -0.4 is 14.2 Å². The van der Waals surface area contributed by atoms with E-state index in [2.05, 4.69) is 0 Å². The Bertz CT molecular complexity index is 1050. The summed E-state index contributed by atoms with van der Waals surface area (Å²) < 4.78 is 21.6. The Balaban J connectivity index is 2.07. The largest absolute Gasteiger partial charge is 0.507 e. The molecule has 1 N–H and O–H groups in total. The molecule has 0 spiro atoms. The molecule has 138 valence electrons. The topological polar surface area (TPSA) is 108 Å². The number of carbonyl (C=O) groups excluding carboxylic acids is 3. The number of fused-ring (bicyclic) bond motifs is 4. The van der Waals surface area contributed by atoms with E-state index >= 15 is 0 Å². The fraction of sp³-hybridized carbons (Fsp3) is 0.211. The molecular formula is C19H14O8. The monoisotopic (exact) mass is 370 g/mol. The summed E-state index contributed by atoms with van der Waals surface area (Å²) in [7, 11) is 1.39. The van der Waals surface area contributed by atoms with Gasteiger partial charge in [0.2, 0.25) is 0 Å². The maximum atomic E-state index is 12.7. The summed E-state index contributed by atoms with van der Waals surface area (Å²) in [5.41, 5.74) is 0.936. The molecule has 0 bridgehead atoms. The van der Waals surface area contributed by atoms with Gasteiger partial charge in [-0.15, -0.1) is 0 Å². The number of ether oxygens (including phenoxy) is 4. The number of benzene rings is 2. The second-order valence-electron chi connectivity index (χ2n) is 6.18. The molecule has 0 saturated heterocycles. The maximum absolute atomic E-state index is 12.7. The van der Waals surface area contributed by atoms with Crippen LogP contribution in [0, 0.1) is 13.8 Å². The number of methoxy groups -OCH3 is 1. The molecule has 8 heteroatoms. The predicted octanol–water partition coefficient (Wildman–Crippen LogP) is 2.83. The van der Waals surface area contributed by atoms with Gasteiger partial charge in [0.1, 0.15) is 29.2 Å². The number of aldehydes is 1. The molecule has 0 unspecified atom stereocenters. The predicted molar refractivity (Wildman–Crippen MR) is 90.1 cm³/mol. The molecule has 4 rings (SSSR count). The lowest BCUT2D eigenvalue weighted by molar-refractivity contribution is 0.0531. The Kier molecular flexibility index (Phi) is 3.59. The number of hydrogen-bond donors (Lipinski definition) is 1. The van der Waals surface area contributed by atoms with Gasteiger partial charge in [0, 0.05) is 5.56 Å². The summed E-state index contributed by atoms with van der Waals surface area (Å²) >= 11 is 0. The third-order valence-corrected chi connectivity index (χ3v) is 4.69. The van der Waals surface area contributed by atoms with Gasteiger partial charge in [0.25, 0.3) is 0 Å². The van der Waals surface area contributed by atoms with Gasteiger partial charge in [-0.05, 0) is 25.5 Å². The van der Waals surface area contributed by atoms with E-state index < -0.39 is 11.9 Å². The van der Waals surface area contributed by atoms with Crippen LogP contribution in [-0.2, 0) is 11.3 Å². The lowest BCUT2D eigenvalue weighted by atomic mass is 10.0. The second-order valence-corrected chi connectivity index (χ2v) is 6.18. The fourth-order valence-corrected chi connectivity index (χ4v) is 3.32. The van der Waals surface area contributed by atoms with E-state index in [-0.39, 0.29) is 63.2 Å². The van der Waals surface area contributed by atoms with Crippen LogP contribution in [0.3, 0.4) is 0 Å². The molecule has 2 aliphatic heterocycles. The van der Waals surface area contributed by atoms with E-state index in [4.69, 9.17) is 18.9 Å². The Morgan fingerprint density at radius 1 is 1.07 bits per heavy atom. The molecule has 27 heavy (non-hydrogen) atoms. The van der Waals surface area contributed by atoms with Gasteiger partial charge in [-0.1, -0.05) is 0 Å². The van der Waals surface area contributed by atoms with Gasteiger partial charge in [0.05, 0.1) is 18.2 Å². The van der Waals surface area contributed by atoms with Crippen molar-refractivity contribution in [3.05, 3.63) is 39.4 Å². The molecule has 0 saturated carbocycles.